The smallest absolute Gasteiger partial charge is 0.234 e. The minimum atomic E-state index is 0. The standard InChI is InChI=1S/C14H27N3O.ClH/c15-12-6-5-9-17(10-12)11-14(18)16-13-7-3-1-2-4-8-13;/h12-13H,1-11,15H2,(H,16,18);1H. The molecule has 1 aliphatic carbocycles. The molecule has 4 nitrogen and oxygen atoms in total. The number of rotatable bonds is 3. The quantitative estimate of drug-likeness (QED) is 0.777. The number of hydrogen-bond donors (Lipinski definition) is 2. The van der Waals surface area contributed by atoms with Gasteiger partial charge in [-0.05, 0) is 32.2 Å². The highest BCUT2D eigenvalue weighted by Gasteiger charge is 2.20. The molecular formula is C14H28ClN3O. The van der Waals surface area contributed by atoms with Crippen LogP contribution in [0.15, 0.2) is 0 Å². The molecule has 0 radical (unpaired) electrons. The Bertz CT molecular complexity index is 261. The van der Waals surface area contributed by atoms with Gasteiger partial charge in [-0.3, -0.25) is 9.69 Å². The Balaban J connectivity index is 0.00000180. The van der Waals surface area contributed by atoms with Crippen LogP contribution in [0.3, 0.4) is 0 Å². The summed E-state index contributed by atoms with van der Waals surface area (Å²) in [6.07, 6.45) is 9.72. The molecule has 112 valence electrons. The van der Waals surface area contributed by atoms with Crippen LogP contribution in [0.25, 0.3) is 0 Å². The van der Waals surface area contributed by atoms with Crippen molar-refractivity contribution in [3.8, 4) is 0 Å². The molecule has 0 spiro atoms. The lowest BCUT2D eigenvalue weighted by Crippen LogP contribution is -2.48. The summed E-state index contributed by atoms with van der Waals surface area (Å²) in [5.41, 5.74) is 5.93. The lowest BCUT2D eigenvalue weighted by Gasteiger charge is -2.30. The van der Waals surface area contributed by atoms with Gasteiger partial charge in [0.2, 0.25) is 5.91 Å². The molecule has 2 rings (SSSR count). The Morgan fingerprint density at radius 3 is 2.42 bits per heavy atom. The van der Waals surface area contributed by atoms with Crippen LogP contribution in [-0.2, 0) is 4.79 Å². The molecule has 3 N–H and O–H groups in total. The Hall–Kier alpha value is -0.320. The third-order valence-corrected chi connectivity index (χ3v) is 4.13. The monoisotopic (exact) mass is 289 g/mol. The minimum Gasteiger partial charge on any atom is -0.352 e. The number of nitrogens with two attached hydrogens (primary N) is 1. The largest absolute Gasteiger partial charge is 0.352 e. The lowest BCUT2D eigenvalue weighted by molar-refractivity contribution is -0.123. The normalized spacial score (nSPS) is 26.3. The molecule has 0 bridgehead atoms. The molecule has 1 unspecified atom stereocenters. The van der Waals surface area contributed by atoms with Crippen molar-refractivity contribution in [3.05, 3.63) is 0 Å². The number of hydrogen-bond acceptors (Lipinski definition) is 3. The Morgan fingerprint density at radius 1 is 1.11 bits per heavy atom. The molecule has 2 fully saturated rings. The van der Waals surface area contributed by atoms with E-state index in [1.54, 1.807) is 0 Å². The van der Waals surface area contributed by atoms with Gasteiger partial charge in [0.05, 0.1) is 6.54 Å². The van der Waals surface area contributed by atoms with Gasteiger partial charge >= 0.3 is 0 Å². The number of carbonyl (C=O) groups excluding carboxylic acids is 1. The summed E-state index contributed by atoms with van der Waals surface area (Å²) in [7, 11) is 0. The fraction of sp³-hybridized carbons (Fsp3) is 0.929. The number of piperidine rings is 1. The van der Waals surface area contributed by atoms with E-state index in [9.17, 15) is 4.79 Å². The fourth-order valence-electron chi connectivity index (χ4n) is 3.14. The Morgan fingerprint density at radius 2 is 1.79 bits per heavy atom. The molecule has 1 saturated heterocycles. The summed E-state index contributed by atoms with van der Waals surface area (Å²) in [5, 5.41) is 3.20. The molecule has 0 aromatic carbocycles. The van der Waals surface area contributed by atoms with Crippen LogP contribution in [0, 0.1) is 0 Å². The summed E-state index contributed by atoms with van der Waals surface area (Å²) < 4.78 is 0. The van der Waals surface area contributed by atoms with Gasteiger partial charge in [0, 0.05) is 18.6 Å². The van der Waals surface area contributed by atoms with Crippen LogP contribution in [-0.4, -0.2) is 42.5 Å². The highest BCUT2D eigenvalue weighted by molar-refractivity contribution is 5.85. The molecule has 1 atom stereocenters. The maximum atomic E-state index is 12.0. The first-order valence-electron chi connectivity index (χ1n) is 7.51. The zero-order valence-corrected chi connectivity index (χ0v) is 12.6. The van der Waals surface area contributed by atoms with E-state index in [0.29, 0.717) is 12.6 Å². The van der Waals surface area contributed by atoms with Gasteiger partial charge in [0.15, 0.2) is 0 Å². The van der Waals surface area contributed by atoms with Gasteiger partial charge < -0.3 is 11.1 Å². The van der Waals surface area contributed by atoms with Gasteiger partial charge in [-0.15, -0.1) is 12.4 Å². The molecular weight excluding hydrogens is 262 g/mol. The van der Waals surface area contributed by atoms with Gasteiger partial charge in [-0.25, -0.2) is 0 Å². The van der Waals surface area contributed by atoms with Crippen molar-refractivity contribution in [1.29, 1.82) is 0 Å². The van der Waals surface area contributed by atoms with Gasteiger partial charge in [-0.1, -0.05) is 25.7 Å². The molecule has 0 aromatic rings. The Kier molecular flexibility index (Phi) is 7.73. The van der Waals surface area contributed by atoms with Crippen molar-refractivity contribution < 1.29 is 4.79 Å². The third kappa shape index (κ3) is 6.11. The third-order valence-electron chi connectivity index (χ3n) is 4.13. The molecule has 1 heterocycles. The highest BCUT2D eigenvalue weighted by atomic mass is 35.5. The topological polar surface area (TPSA) is 58.4 Å². The number of halogens is 1. The summed E-state index contributed by atoms with van der Waals surface area (Å²) in [4.78, 5) is 14.2. The summed E-state index contributed by atoms with van der Waals surface area (Å²) in [6.45, 7) is 2.42. The van der Waals surface area contributed by atoms with Crippen LogP contribution >= 0.6 is 12.4 Å². The van der Waals surface area contributed by atoms with E-state index < -0.39 is 0 Å². The first kappa shape index (κ1) is 16.7. The van der Waals surface area contributed by atoms with Crippen molar-refractivity contribution in [1.82, 2.24) is 10.2 Å². The zero-order valence-electron chi connectivity index (χ0n) is 11.8. The van der Waals surface area contributed by atoms with Crippen LogP contribution in [0.2, 0.25) is 0 Å². The number of nitrogens with one attached hydrogen (secondary N) is 1. The zero-order chi connectivity index (χ0) is 12.8. The van der Waals surface area contributed by atoms with Crippen molar-refractivity contribution in [2.24, 2.45) is 5.73 Å². The predicted octanol–water partition coefficient (Wildman–Crippen LogP) is 1.67. The van der Waals surface area contributed by atoms with E-state index in [4.69, 9.17) is 5.73 Å². The second-order valence-corrected chi connectivity index (χ2v) is 5.89. The van der Waals surface area contributed by atoms with Crippen molar-refractivity contribution in [2.75, 3.05) is 19.6 Å². The highest BCUT2D eigenvalue weighted by Crippen LogP contribution is 2.17. The van der Waals surface area contributed by atoms with E-state index in [-0.39, 0.29) is 24.4 Å². The van der Waals surface area contributed by atoms with E-state index in [1.165, 1.54) is 25.7 Å². The number of carbonyl (C=O) groups is 1. The molecule has 19 heavy (non-hydrogen) atoms. The van der Waals surface area contributed by atoms with E-state index in [1.807, 2.05) is 0 Å². The molecule has 2 aliphatic rings. The lowest BCUT2D eigenvalue weighted by atomic mass is 10.1. The fourth-order valence-corrected chi connectivity index (χ4v) is 3.14. The van der Waals surface area contributed by atoms with Crippen LogP contribution in [0.5, 0.6) is 0 Å². The maximum absolute atomic E-state index is 12.0. The molecule has 1 aliphatic heterocycles. The minimum absolute atomic E-state index is 0. The molecule has 0 aromatic heterocycles. The first-order chi connectivity index (χ1) is 8.74. The number of likely N-dealkylation sites (tertiary alicyclic amines) is 1. The number of nitrogens with zero attached hydrogens (tertiary/aromatic N) is 1. The predicted molar refractivity (Wildman–Crippen MR) is 80.5 cm³/mol. The van der Waals surface area contributed by atoms with Crippen LogP contribution in [0.1, 0.15) is 51.4 Å². The van der Waals surface area contributed by atoms with Crippen LogP contribution < -0.4 is 11.1 Å². The maximum Gasteiger partial charge on any atom is 0.234 e. The van der Waals surface area contributed by atoms with E-state index in [0.717, 1.165) is 38.8 Å². The van der Waals surface area contributed by atoms with Crippen molar-refractivity contribution in [3.63, 3.8) is 0 Å². The average Bonchev–Trinajstić information content (AvgIpc) is 2.57. The van der Waals surface area contributed by atoms with E-state index in [2.05, 4.69) is 10.2 Å². The average molecular weight is 290 g/mol. The molecule has 5 heteroatoms. The Labute approximate surface area is 122 Å². The molecule has 1 amide bonds. The van der Waals surface area contributed by atoms with Crippen molar-refractivity contribution in [2.45, 2.75) is 63.5 Å². The SMILES string of the molecule is Cl.NC1CCCN(CC(=O)NC2CCCCCC2)C1. The summed E-state index contributed by atoms with van der Waals surface area (Å²) >= 11 is 0. The molecule has 1 saturated carbocycles. The second-order valence-electron chi connectivity index (χ2n) is 5.89. The van der Waals surface area contributed by atoms with Crippen molar-refractivity contribution >= 4 is 18.3 Å². The van der Waals surface area contributed by atoms with Crippen LogP contribution in [0.4, 0.5) is 0 Å². The summed E-state index contributed by atoms with van der Waals surface area (Å²) in [6, 6.07) is 0.669. The second kappa shape index (κ2) is 8.77. The summed E-state index contributed by atoms with van der Waals surface area (Å²) in [5.74, 6) is 0.191. The number of amides is 1. The van der Waals surface area contributed by atoms with E-state index >= 15 is 0 Å². The van der Waals surface area contributed by atoms with Gasteiger partial charge in [0.25, 0.3) is 0 Å². The first-order valence-corrected chi connectivity index (χ1v) is 7.51. The van der Waals surface area contributed by atoms with Gasteiger partial charge in [-0.2, -0.15) is 0 Å². The van der Waals surface area contributed by atoms with Gasteiger partial charge in [0.1, 0.15) is 0 Å².